The average Bonchev–Trinajstić information content (AvgIpc) is 2.82. The maximum atomic E-state index is 11.2. The molecule has 1 aliphatic carbocycles. The largest absolute Gasteiger partial charge is 0.383 e. The van der Waals surface area contributed by atoms with Gasteiger partial charge in [0.15, 0.2) is 0 Å². The van der Waals surface area contributed by atoms with Crippen LogP contribution in [-0.4, -0.2) is 32.6 Å². The SMILES string of the molecule is COCCNCC(=O)CC1CC1. The summed E-state index contributed by atoms with van der Waals surface area (Å²) in [5, 5.41) is 3.04. The van der Waals surface area contributed by atoms with Gasteiger partial charge in [-0.25, -0.2) is 0 Å². The summed E-state index contributed by atoms with van der Waals surface area (Å²) in [6, 6.07) is 0. The molecule has 0 unspecified atom stereocenters. The topological polar surface area (TPSA) is 38.3 Å². The molecular formula is C9H17NO2. The highest BCUT2D eigenvalue weighted by molar-refractivity contribution is 5.80. The fourth-order valence-electron chi connectivity index (χ4n) is 1.12. The van der Waals surface area contributed by atoms with Crippen LogP contribution in [0, 0.1) is 5.92 Å². The van der Waals surface area contributed by atoms with Crippen LogP contribution in [-0.2, 0) is 9.53 Å². The zero-order chi connectivity index (χ0) is 8.81. The van der Waals surface area contributed by atoms with Crippen LogP contribution in [0.3, 0.4) is 0 Å². The first-order valence-electron chi connectivity index (χ1n) is 4.54. The van der Waals surface area contributed by atoms with Crippen molar-refractivity contribution in [2.24, 2.45) is 5.92 Å². The van der Waals surface area contributed by atoms with Crippen molar-refractivity contribution in [1.29, 1.82) is 0 Å². The highest BCUT2D eigenvalue weighted by atomic mass is 16.5. The molecule has 70 valence electrons. The van der Waals surface area contributed by atoms with Gasteiger partial charge >= 0.3 is 0 Å². The minimum absolute atomic E-state index is 0.341. The summed E-state index contributed by atoms with van der Waals surface area (Å²) in [6.45, 7) is 1.96. The van der Waals surface area contributed by atoms with Crippen molar-refractivity contribution < 1.29 is 9.53 Å². The predicted octanol–water partition coefficient (Wildman–Crippen LogP) is 0.592. The molecule has 1 rings (SSSR count). The van der Waals surface area contributed by atoms with Crippen molar-refractivity contribution in [2.45, 2.75) is 19.3 Å². The van der Waals surface area contributed by atoms with Crippen LogP contribution in [0.1, 0.15) is 19.3 Å². The van der Waals surface area contributed by atoms with E-state index < -0.39 is 0 Å². The maximum Gasteiger partial charge on any atom is 0.146 e. The molecule has 3 nitrogen and oxygen atoms in total. The predicted molar refractivity (Wildman–Crippen MR) is 47.1 cm³/mol. The van der Waals surface area contributed by atoms with Crippen molar-refractivity contribution in [3.63, 3.8) is 0 Å². The summed E-state index contributed by atoms with van der Waals surface area (Å²) in [5.41, 5.74) is 0. The van der Waals surface area contributed by atoms with Gasteiger partial charge in [0.2, 0.25) is 0 Å². The third-order valence-corrected chi connectivity index (χ3v) is 2.02. The molecule has 1 fully saturated rings. The normalized spacial score (nSPS) is 16.4. The lowest BCUT2D eigenvalue weighted by molar-refractivity contribution is -0.118. The number of methoxy groups -OCH3 is 1. The number of carbonyl (C=O) groups is 1. The molecule has 0 atom stereocenters. The third kappa shape index (κ3) is 4.46. The number of hydrogen-bond donors (Lipinski definition) is 1. The Kier molecular flexibility index (Phi) is 4.25. The molecule has 1 saturated carbocycles. The lowest BCUT2D eigenvalue weighted by Crippen LogP contribution is -2.26. The van der Waals surface area contributed by atoms with Crippen LogP contribution in [0.25, 0.3) is 0 Å². The third-order valence-electron chi connectivity index (χ3n) is 2.02. The molecule has 3 heteroatoms. The molecule has 0 aliphatic heterocycles. The molecule has 0 amide bonds. The van der Waals surface area contributed by atoms with Crippen LogP contribution in [0.15, 0.2) is 0 Å². The first kappa shape index (κ1) is 9.68. The van der Waals surface area contributed by atoms with E-state index in [2.05, 4.69) is 5.32 Å². The Bertz CT molecular complexity index is 143. The van der Waals surface area contributed by atoms with Gasteiger partial charge in [0.1, 0.15) is 5.78 Å². The Hall–Kier alpha value is -0.410. The van der Waals surface area contributed by atoms with E-state index in [1.54, 1.807) is 7.11 Å². The molecule has 0 bridgehead atoms. The second kappa shape index (κ2) is 5.27. The highest BCUT2D eigenvalue weighted by Gasteiger charge is 2.23. The summed E-state index contributed by atoms with van der Waals surface area (Å²) in [5.74, 6) is 1.05. The number of ether oxygens (including phenoxy) is 1. The van der Waals surface area contributed by atoms with Gasteiger partial charge in [-0.1, -0.05) is 0 Å². The lowest BCUT2D eigenvalue weighted by Gasteiger charge is -2.01. The Balaban J connectivity index is 1.87. The molecule has 0 saturated heterocycles. The Labute approximate surface area is 73.5 Å². The van der Waals surface area contributed by atoms with Gasteiger partial charge in [-0.15, -0.1) is 0 Å². The Morgan fingerprint density at radius 1 is 1.58 bits per heavy atom. The molecular weight excluding hydrogens is 154 g/mol. The van der Waals surface area contributed by atoms with E-state index in [0.29, 0.717) is 24.9 Å². The van der Waals surface area contributed by atoms with Gasteiger partial charge in [0, 0.05) is 20.1 Å². The van der Waals surface area contributed by atoms with Crippen LogP contribution in [0.4, 0.5) is 0 Å². The maximum absolute atomic E-state index is 11.2. The standard InChI is InChI=1S/C9H17NO2/c1-12-5-4-10-7-9(11)6-8-2-3-8/h8,10H,2-7H2,1H3. The van der Waals surface area contributed by atoms with E-state index in [1.165, 1.54) is 12.8 Å². The summed E-state index contributed by atoms with van der Waals surface area (Å²) in [7, 11) is 1.66. The van der Waals surface area contributed by atoms with Crippen LogP contribution < -0.4 is 5.32 Å². The first-order valence-corrected chi connectivity index (χ1v) is 4.54. The summed E-state index contributed by atoms with van der Waals surface area (Å²) in [4.78, 5) is 11.2. The minimum atomic E-state index is 0.341. The number of ketones is 1. The van der Waals surface area contributed by atoms with Gasteiger partial charge < -0.3 is 10.1 Å². The molecule has 12 heavy (non-hydrogen) atoms. The van der Waals surface area contributed by atoms with E-state index in [4.69, 9.17) is 4.74 Å². The second-order valence-corrected chi connectivity index (χ2v) is 3.36. The molecule has 0 aromatic heterocycles. The highest BCUT2D eigenvalue weighted by Crippen LogP contribution is 2.32. The zero-order valence-electron chi connectivity index (χ0n) is 7.64. The minimum Gasteiger partial charge on any atom is -0.383 e. The van der Waals surface area contributed by atoms with Crippen molar-refractivity contribution in [1.82, 2.24) is 5.32 Å². The number of rotatable bonds is 7. The Morgan fingerprint density at radius 2 is 2.33 bits per heavy atom. The number of nitrogens with one attached hydrogen (secondary N) is 1. The molecule has 0 aromatic carbocycles. The van der Waals surface area contributed by atoms with Crippen molar-refractivity contribution in [2.75, 3.05) is 26.8 Å². The molecule has 0 heterocycles. The Morgan fingerprint density at radius 3 is 2.92 bits per heavy atom. The van der Waals surface area contributed by atoms with Gasteiger partial charge in [0.25, 0.3) is 0 Å². The molecule has 1 N–H and O–H groups in total. The van der Waals surface area contributed by atoms with Crippen molar-refractivity contribution in [3.05, 3.63) is 0 Å². The van der Waals surface area contributed by atoms with Crippen LogP contribution in [0.5, 0.6) is 0 Å². The monoisotopic (exact) mass is 171 g/mol. The number of Topliss-reactive ketones (excluding diaryl/α,β-unsaturated/α-hetero) is 1. The number of carbonyl (C=O) groups excluding carboxylic acids is 1. The zero-order valence-corrected chi connectivity index (χ0v) is 7.64. The van der Waals surface area contributed by atoms with E-state index in [-0.39, 0.29) is 0 Å². The van der Waals surface area contributed by atoms with Crippen molar-refractivity contribution in [3.8, 4) is 0 Å². The quantitative estimate of drug-likeness (QED) is 0.570. The van der Waals surface area contributed by atoms with Crippen molar-refractivity contribution >= 4 is 5.78 Å². The molecule has 1 aliphatic rings. The summed E-state index contributed by atoms with van der Waals surface area (Å²) >= 11 is 0. The van der Waals surface area contributed by atoms with Crippen LogP contribution in [0.2, 0.25) is 0 Å². The smallest absolute Gasteiger partial charge is 0.146 e. The van der Waals surface area contributed by atoms with Gasteiger partial charge in [0.05, 0.1) is 13.2 Å². The first-order chi connectivity index (χ1) is 5.83. The molecule has 0 aromatic rings. The second-order valence-electron chi connectivity index (χ2n) is 3.36. The summed E-state index contributed by atoms with van der Waals surface area (Å²) in [6.07, 6.45) is 3.29. The van der Waals surface area contributed by atoms with Crippen LogP contribution >= 0.6 is 0 Å². The van der Waals surface area contributed by atoms with E-state index >= 15 is 0 Å². The van der Waals surface area contributed by atoms with Gasteiger partial charge in [-0.3, -0.25) is 4.79 Å². The van der Waals surface area contributed by atoms with E-state index in [1.807, 2.05) is 0 Å². The van der Waals surface area contributed by atoms with E-state index in [0.717, 1.165) is 13.0 Å². The fourth-order valence-corrected chi connectivity index (χ4v) is 1.12. The molecule has 0 radical (unpaired) electrons. The number of hydrogen-bond acceptors (Lipinski definition) is 3. The van der Waals surface area contributed by atoms with Gasteiger partial charge in [-0.05, 0) is 18.8 Å². The van der Waals surface area contributed by atoms with Gasteiger partial charge in [-0.2, -0.15) is 0 Å². The average molecular weight is 171 g/mol. The summed E-state index contributed by atoms with van der Waals surface area (Å²) < 4.78 is 4.84. The lowest BCUT2D eigenvalue weighted by atomic mass is 10.2. The van der Waals surface area contributed by atoms with E-state index in [9.17, 15) is 4.79 Å². The fraction of sp³-hybridized carbons (Fsp3) is 0.889. The molecule has 0 spiro atoms.